The number of hydrogen-bond acceptors (Lipinski definition) is 5. The molecule has 0 saturated carbocycles. The standard InChI is InChI=1S/C10H14N2O3S2/c1-5-6(2)17-10(11-5)16-4-8(9(14)15)12-7(3)13/h8H,4H2,1-3H3,(H,12,13)(H,14,15). The van der Waals surface area contributed by atoms with Crippen molar-refractivity contribution in [3.63, 3.8) is 0 Å². The molecule has 5 nitrogen and oxygen atoms in total. The van der Waals surface area contributed by atoms with Crippen LogP contribution in [0.1, 0.15) is 17.5 Å². The Labute approximate surface area is 108 Å². The van der Waals surface area contributed by atoms with Crippen LogP contribution in [-0.4, -0.2) is 33.8 Å². The molecule has 0 aliphatic carbocycles. The maximum Gasteiger partial charge on any atom is 0.327 e. The van der Waals surface area contributed by atoms with E-state index in [9.17, 15) is 9.59 Å². The molecule has 0 radical (unpaired) electrons. The summed E-state index contributed by atoms with van der Waals surface area (Å²) < 4.78 is 0.830. The van der Waals surface area contributed by atoms with E-state index in [-0.39, 0.29) is 11.7 Å². The summed E-state index contributed by atoms with van der Waals surface area (Å²) in [7, 11) is 0. The van der Waals surface area contributed by atoms with E-state index >= 15 is 0 Å². The number of rotatable bonds is 5. The summed E-state index contributed by atoms with van der Waals surface area (Å²) in [6, 6.07) is -0.873. The SMILES string of the molecule is CC(=O)NC(CSc1nc(C)c(C)s1)C(=O)O. The number of carbonyl (C=O) groups excluding carboxylic acids is 1. The van der Waals surface area contributed by atoms with Gasteiger partial charge >= 0.3 is 5.97 Å². The van der Waals surface area contributed by atoms with Gasteiger partial charge in [-0.25, -0.2) is 9.78 Å². The number of carboxylic acid groups (broad SMARTS) is 1. The second-order valence-electron chi connectivity index (χ2n) is 3.52. The number of amides is 1. The van der Waals surface area contributed by atoms with Crippen molar-refractivity contribution in [3.8, 4) is 0 Å². The number of nitrogens with zero attached hydrogens (tertiary/aromatic N) is 1. The minimum absolute atomic E-state index is 0.279. The number of carboxylic acids is 1. The van der Waals surface area contributed by atoms with E-state index < -0.39 is 12.0 Å². The predicted octanol–water partition coefficient (Wildman–Crippen LogP) is 1.44. The van der Waals surface area contributed by atoms with Gasteiger partial charge in [0.15, 0.2) is 0 Å². The molecule has 0 aliphatic rings. The number of hydrogen-bond donors (Lipinski definition) is 2. The van der Waals surface area contributed by atoms with Gasteiger partial charge in [0.1, 0.15) is 10.4 Å². The van der Waals surface area contributed by atoms with Gasteiger partial charge < -0.3 is 10.4 Å². The zero-order valence-electron chi connectivity index (χ0n) is 9.81. The van der Waals surface area contributed by atoms with E-state index in [0.29, 0.717) is 0 Å². The van der Waals surface area contributed by atoms with Crippen LogP contribution in [0.25, 0.3) is 0 Å². The molecule has 0 bridgehead atoms. The van der Waals surface area contributed by atoms with Crippen LogP contribution in [0.15, 0.2) is 4.34 Å². The summed E-state index contributed by atoms with van der Waals surface area (Å²) in [6.07, 6.45) is 0. The molecule has 2 N–H and O–H groups in total. The number of thiazole rings is 1. The topological polar surface area (TPSA) is 79.3 Å². The number of aryl methyl sites for hydroxylation is 2. The van der Waals surface area contributed by atoms with Crippen molar-refractivity contribution >= 4 is 35.0 Å². The van der Waals surface area contributed by atoms with Crippen LogP contribution in [0.4, 0.5) is 0 Å². The Kier molecular flexibility index (Phi) is 4.95. The predicted molar refractivity (Wildman–Crippen MR) is 67.6 cm³/mol. The summed E-state index contributed by atoms with van der Waals surface area (Å²) in [5.74, 6) is -1.09. The molecule has 0 saturated heterocycles. The van der Waals surface area contributed by atoms with Gasteiger partial charge in [-0.15, -0.1) is 11.3 Å². The van der Waals surface area contributed by atoms with Gasteiger partial charge in [-0.1, -0.05) is 11.8 Å². The summed E-state index contributed by atoms with van der Waals surface area (Å²) in [4.78, 5) is 27.1. The van der Waals surface area contributed by atoms with Crippen molar-refractivity contribution < 1.29 is 14.7 Å². The normalized spacial score (nSPS) is 12.2. The highest BCUT2D eigenvalue weighted by molar-refractivity contribution is 8.01. The molecule has 1 aromatic heterocycles. The third-order valence-corrected chi connectivity index (χ3v) is 4.37. The number of aliphatic carboxylic acids is 1. The van der Waals surface area contributed by atoms with E-state index in [0.717, 1.165) is 14.9 Å². The lowest BCUT2D eigenvalue weighted by Crippen LogP contribution is -2.41. The van der Waals surface area contributed by atoms with Gasteiger partial charge in [-0.2, -0.15) is 0 Å². The summed E-state index contributed by atoms with van der Waals surface area (Å²) in [5.41, 5.74) is 0.962. The smallest absolute Gasteiger partial charge is 0.327 e. The molecular formula is C10H14N2O3S2. The van der Waals surface area contributed by atoms with Gasteiger partial charge in [-0.05, 0) is 13.8 Å². The number of nitrogens with one attached hydrogen (secondary N) is 1. The molecular weight excluding hydrogens is 260 g/mol. The Hall–Kier alpha value is -1.08. The van der Waals surface area contributed by atoms with Crippen LogP contribution >= 0.6 is 23.1 Å². The van der Waals surface area contributed by atoms with Gasteiger partial charge in [0.2, 0.25) is 5.91 Å². The van der Waals surface area contributed by atoms with Crippen molar-refractivity contribution in [2.24, 2.45) is 0 Å². The van der Waals surface area contributed by atoms with Crippen molar-refractivity contribution in [2.75, 3.05) is 5.75 Å². The third-order valence-electron chi connectivity index (χ3n) is 2.06. The zero-order valence-corrected chi connectivity index (χ0v) is 11.4. The molecule has 0 aromatic carbocycles. The second-order valence-corrected chi connectivity index (χ2v) is 5.99. The van der Waals surface area contributed by atoms with Crippen LogP contribution in [-0.2, 0) is 9.59 Å². The minimum atomic E-state index is -1.03. The van der Waals surface area contributed by atoms with Crippen LogP contribution < -0.4 is 5.32 Å². The van der Waals surface area contributed by atoms with Gasteiger partial charge in [0.25, 0.3) is 0 Å². The molecule has 1 amide bonds. The maximum atomic E-state index is 10.9. The molecule has 1 heterocycles. The van der Waals surface area contributed by atoms with E-state index in [2.05, 4.69) is 10.3 Å². The highest BCUT2D eigenvalue weighted by Gasteiger charge is 2.19. The lowest BCUT2D eigenvalue weighted by atomic mass is 10.3. The first-order valence-corrected chi connectivity index (χ1v) is 6.77. The summed E-state index contributed by atoms with van der Waals surface area (Å²) >= 11 is 2.88. The molecule has 1 aromatic rings. The second kappa shape index (κ2) is 6.02. The Morgan fingerprint density at radius 2 is 2.18 bits per heavy atom. The monoisotopic (exact) mass is 274 g/mol. The molecule has 0 aliphatic heterocycles. The Balaban J connectivity index is 2.57. The van der Waals surface area contributed by atoms with Crippen molar-refractivity contribution in [3.05, 3.63) is 10.6 Å². The molecule has 0 fully saturated rings. The Morgan fingerprint density at radius 3 is 2.59 bits per heavy atom. The van der Waals surface area contributed by atoms with Crippen LogP contribution in [0.3, 0.4) is 0 Å². The summed E-state index contributed by atoms with van der Waals surface area (Å²) in [5, 5.41) is 11.3. The van der Waals surface area contributed by atoms with E-state index in [4.69, 9.17) is 5.11 Å². The Morgan fingerprint density at radius 1 is 1.53 bits per heavy atom. The average Bonchev–Trinajstić information content (AvgIpc) is 2.52. The van der Waals surface area contributed by atoms with E-state index in [1.165, 1.54) is 30.0 Å². The van der Waals surface area contributed by atoms with Crippen LogP contribution in [0.2, 0.25) is 0 Å². The maximum absolute atomic E-state index is 10.9. The highest BCUT2D eigenvalue weighted by atomic mass is 32.2. The first kappa shape index (κ1) is 14.0. The van der Waals surface area contributed by atoms with E-state index in [1.54, 1.807) is 0 Å². The van der Waals surface area contributed by atoms with Gasteiger partial charge in [0, 0.05) is 17.6 Å². The lowest BCUT2D eigenvalue weighted by Gasteiger charge is -2.11. The highest BCUT2D eigenvalue weighted by Crippen LogP contribution is 2.26. The van der Waals surface area contributed by atoms with Crippen molar-refractivity contribution in [2.45, 2.75) is 31.2 Å². The third kappa shape index (κ3) is 4.35. The largest absolute Gasteiger partial charge is 0.480 e. The molecule has 1 atom stereocenters. The van der Waals surface area contributed by atoms with Crippen molar-refractivity contribution in [1.82, 2.24) is 10.3 Å². The molecule has 1 rings (SSSR count). The zero-order chi connectivity index (χ0) is 13.0. The quantitative estimate of drug-likeness (QED) is 0.794. The molecule has 7 heteroatoms. The average molecular weight is 274 g/mol. The molecule has 1 unspecified atom stereocenters. The molecule has 0 spiro atoms. The first-order valence-electron chi connectivity index (χ1n) is 4.97. The van der Waals surface area contributed by atoms with Gasteiger partial charge in [-0.3, -0.25) is 4.79 Å². The summed E-state index contributed by atoms with van der Waals surface area (Å²) in [6.45, 7) is 5.19. The fraction of sp³-hybridized carbons (Fsp3) is 0.500. The molecule has 17 heavy (non-hydrogen) atoms. The van der Waals surface area contributed by atoms with Crippen LogP contribution in [0.5, 0.6) is 0 Å². The molecule has 94 valence electrons. The Bertz CT molecular complexity index is 412. The fourth-order valence-corrected chi connectivity index (χ4v) is 3.27. The van der Waals surface area contributed by atoms with E-state index in [1.807, 2.05) is 13.8 Å². The fourth-order valence-electron chi connectivity index (χ4n) is 1.08. The lowest BCUT2D eigenvalue weighted by molar-refractivity contribution is -0.140. The number of carbonyl (C=O) groups is 2. The van der Waals surface area contributed by atoms with Gasteiger partial charge in [0.05, 0.1) is 5.69 Å². The van der Waals surface area contributed by atoms with Crippen LogP contribution in [0, 0.1) is 13.8 Å². The first-order chi connectivity index (χ1) is 7.90. The number of thioether (sulfide) groups is 1. The van der Waals surface area contributed by atoms with Crippen molar-refractivity contribution in [1.29, 1.82) is 0 Å². The minimum Gasteiger partial charge on any atom is -0.480 e. The number of aromatic nitrogens is 1.